The van der Waals surface area contributed by atoms with E-state index in [4.69, 9.17) is 15.2 Å². The van der Waals surface area contributed by atoms with E-state index in [0.29, 0.717) is 5.56 Å². The smallest absolute Gasteiger partial charge is 0.408 e. The van der Waals surface area contributed by atoms with E-state index >= 15 is 0 Å². The van der Waals surface area contributed by atoms with Gasteiger partial charge in [-0.05, 0) is 79.9 Å². The second-order valence-corrected chi connectivity index (χ2v) is 11.7. The highest BCUT2D eigenvalue weighted by Crippen LogP contribution is 2.32. The number of benzene rings is 1. The molecule has 40 heavy (non-hydrogen) atoms. The number of nitrogens with one attached hydrogen (secondary N) is 2. The third-order valence-corrected chi connectivity index (χ3v) is 5.79. The molecule has 0 spiro atoms. The number of hydrogen-bond donors (Lipinski definition) is 3. The predicted octanol–water partition coefficient (Wildman–Crippen LogP) is 3.20. The minimum atomic E-state index is -1.21. The van der Waals surface area contributed by atoms with Gasteiger partial charge in [0.15, 0.2) is 0 Å². The van der Waals surface area contributed by atoms with E-state index in [9.17, 15) is 24.0 Å². The fourth-order valence-electron chi connectivity index (χ4n) is 4.15. The lowest BCUT2D eigenvalue weighted by Gasteiger charge is -2.43. The summed E-state index contributed by atoms with van der Waals surface area (Å²) in [5.74, 6) is -2.20. The van der Waals surface area contributed by atoms with Crippen molar-refractivity contribution in [2.75, 3.05) is 13.2 Å². The first kappa shape index (κ1) is 34.4. The van der Waals surface area contributed by atoms with Crippen LogP contribution in [0.15, 0.2) is 18.2 Å². The van der Waals surface area contributed by atoms with Crippen LogP contribution in [0.3, 0.4) is 0 Å². The Labute approximate surface area is 237 Å². The van der Waals surface area contributed by atoms with E-state index in [2.05, 4.69) is 10.6 Å². The summed E-state index contributed by atoms with van der Waals surface area (Å²) in [5.41, 5.74) is 5.94. The van der Waals surface area contributed by atoms with E-state index in [-0.39, 0.29) is 32.4 Å². The fourth-order valence-corrected chi connectivity index (χ4v) is 4.15. The van der Waals surface area contributed by atoms with Gasteiger partial charge in [-0.25, -0.2) is 4.79 Å². The Morgan fingerprint density at radius 2 is 1.62 bits per heavy atom. The Morgan fingerprint density at radius 1 is 1.00 bits per heavy atom. The minimum Gasteiger partial charge on any atom is -0.466 e. The van der Waals surface area contributed by atoms with Gasteiger partial charge in [-0.15, -0.1) is 0 Å². The molecule has 1 aromatic carbocycles. The molecule has 2 unspecified atom stereocenters. The van der Waals surface area contributed by atoms with Crippen molar-refractivity contribution in [2.24, 2.45) is 5.73 Å². The first-order valence-electron chi connectivity index (χ1n) is 13.5. The van der Waals surface area contributed by atoms with Crippen molar-refractivity contribution in [2.45, 2.75) is 105 Å². The van der Waals surface area contributed by atoms with E-state index < -0.39 is 53.0 Å². The van der Waals surface area contributed by atoms with Gasteiger partial charge in [0.05, 0.1) is 13.0 Å². The van der Waals surface area contributed by atoms with Crippen LogP contribution < -0.4 is 16.4 Å². The molecule has 1 rings (SSSR count). The molecule has 0 fully saturated rings. The summed E-state index contributed by atoms with van der Waals surface area (Å²) in [5, 5.41) is 5.33. The normalized spacial score (nSPS) is 13.0. The maximum atomic E-state index is 14.2. The Kier molecular flexibility index (Phi) is 12.6. The molecule has 0 saturated carbocycles. The summed E-state index contributed by atoms with van der Waals surface area (Å²) in [6.07, 6.45) is -1.15. The number of hydrogen-bond acceptors (Lipinski definition) is 7. The zero-order valence-electron chi connectivity index (χ0n) is 25.3. The molecule has 11 heteroatoms. The molecule has 0 aliphatic rings. The summed E-state index contributed by atoms with van der Waals surface area (Å²) in [6.45, 7) is 16.1. The number of amides is 4. The number of ether oxygens (including phenoxy) is 2. The van der Waals surface area contributed by atoms with Gasteiger partial charge in [0.1, 0.15) is 17.7 Å². The molecule has 0 radical (unpaired) electrons. The Hall–Kier alpha value is -3.63. The van der Waals surface area contributed by atoms with Crippen molar-refractivity contribution in [3.05, 3.63) is 34.9 Å². The molecule has 11 nitrogen and oxygen atoms in total. The third-order valence-electron chi connectivity index (χ3n) is 5.79. The quantitative estimate of drug-likeness (QED) is 0.330. The van der Waals surface area contributed by atoms with Crippen molar-refractivity contribution in [3.63, 3.8) is 0 Å². The Morgan fingerprint density at radius 3 is 2.12 bits per heavy atom. The van der Waals surface area contributed by atoms with Crippen molar-refractivity contribution in [3.8, 4) is 0 Å². The zero-order valence-corrected chi connectivity index (χ0v) is 25.3. The van der Waals surface area contributed by atoms with Crippen LogP contribution in [0.1, 0.15) is 90.5 Å². The Bertz CT molecular complexity index is 1070. The molecule has 0 heterocycles. The fraction of sp³-hybridized carbons (Fsp3) is 0.621. The number of carbonyl (C=O) groups is 5. The second-order valence-electron chi connectivity index (χ2n) is 11.7. The van der Waals surface area contributed by atoms with Gasteiger partial charge >= 0.3 is 12.1 Å². The van der Waals surface area contributed by atoms with Crippen LogP contribution >= 0.6 is 0 Å². The Balaban J connectivity index is 3.57. The average Bonchev–Trinajstić information content (AvgIpc) is 2.78. The standard InChI is InChI=1S/C29H46N4O7/c1-10-39-23(35)15-16-31-25(36)24(20-12-11-18(2)17-19(20)3)33(28(4,5)6)26(37)21(13-14-22(30)34)32-27(38)40-29(7,8)9/h11-12,17,21,24H,10,13-16H2,1-9H3,(H2,30,34)(H,31,36)(H,32,38). The maximum Gasteiger partial charge on any atom is 0.408 e. The topological polar surface area (TPSA) is 157 Å². The highest BCUT2D eigenvalue weighted by molar-refractivity contribution is 5.93. The van der Waals surface area contributed by atoms with Crippen LogP contribution in [-0.2, 0) is 28.7 Å². The zero-order chi connectivity index (χ0) is 30.8. The van der Waals surface area contributed by atoms with Crippen molar-refractivity contribution < 1.29 is 33.4 Å². The van der Waals surface area contributed by atoms with E-state index in [0.717, 1.165) is 11.1 Å². The van der Waals surface area contributed by atoms with Gasteiger partial charge in [-0.1, -0.05) is 23.8 Å². The lowest BCUT2D eigenvalue weighted by molar-refractivity contribution is -0.149. The number of nitrogens with two attached hydrogens (primary N) is 1. The molecule has 0 saturated heterocycles. The highest BCUT2D eigenvalue weighted by atomic mass is 16.6. The van der Waals surface area contributed by atoms with Gasteiger partial charge < -0.3 is 30.7 Å². The monoisotopic (exact) mass is 562 g/mol. The van der Waals surface area contributed by atoms with Crippen LogP contribution in [-0.4, -0.2) is 65.0 Å². The maximum absolute atomic E-state index is 14.2. The number of esters is 1. The van der Waals surface area contributed by atoms with Gasteiger partial charge in [-0.3, -0.25) is 19.2 Å². The predicted molar refractivity (Wildman–Crippen MR) is 151 cm³/mol. The van der Waals surface area contributed by atoms with Gasteiger partial charge in [0.2, 0.25) is 17.7 Å². The molecule has 1 aromatic rings. The molecule has 4 amide bonds. The largest absolute Gasteiger partial charge is 0.466 e. The summed E-state index contributed by atoms with van der Waals surface area (Å²) < 4.78 is 10.3. The van der Waals surface area contributed by atoms with E-state index in [1.807, 2.05) is 26.0 Å². The molecule has 0 aliphatic heterocycles. The summed E-state index contributed by atoms with van der Waals surface area (Å²) in [6, 6.07) is 3.21. The highest BCUT2D eigenvalue weighted by Gasteiger charge is 2.42. The summed E-state index contributed by atoms with van der Waals surface area (Å²) in [7, 11) is 0. The number of carbonyl (C=O) groups excluding carboxylic acids is 5. The molecular formula is C29H46N4O7. The molecular weight excluding hydrogens is 516 g/mol. The van der Waals surface area contributed by atoms with Crippen molar-refractivity contribution in [1.82, 2.24) is 15.5 Å². The molecule has 0 bridgehead atoms. The molecule has 4 N–H and O–H groups in total. The third kappa shape index (κ3) is 11.2. The average molecular weight is 563 g/mol. The lowest BCUT2D eigenvalue weighted by atomic mass is 9.91. The number of rotatable bonds is 12. The first-order chi connectivity index (χ1) is 18.4. The SMILES string of the molecule is CCOC(=O)CCNC(=O)C(c1ccc(C)cc1C)N(C(=O)C(CCC(N)=O)NC(=O)OC(C)(C)C)C(C)(C)C. The van der Waals surface area contributed by atoms with E-state index in [1.54, 1.807) is 54.5 Å². The molecule has 0 aliphatic carbocycles. The van der Waals surface area contributed by atoms with Crippen LogP contribution in [0.2, 0.25) is 0 Å². The van der Waals surface area contributed by atoms with Gasteiger partial charge in [-0.2, -0.15) is 0 Å². The van der Waals surface area contributed by atoms with Gasteiger partial charge in [0, 0.05) is 18.5 Å². The van der Waals surface area contributed by atoms with E-state index in [1.165, 1.54) is 4.90 Å². The van der Waals surface area contributed by atoms with Crippen LogP contribution in [0.25, 0.3) is 0 Å². The number of aryl methyl sites for hydroxylation is 2. The minimum absolute atomic E-state index is 0.00646. The molecule has 224 valence electrons. The molecule has 0 aromatic heterocycles. The molecule has 2 atom stereocenters. The van der Waals surface area contributed by atoms with Crippen LogP contribution in [0.5, 0.6) is 0 Å². The first-order valence-corrected chi connectivity index (χ1v) is 13.5. The summed E-state index contributed by atoms with van der Waals surface area (Å²) >= 11 is 0. The number of nitrogens with zero attached hydrogens (tertiary/aromatic N) is 1. The van der Waals surface area contributed by atoms with Crippen molar-refractivity contribution >= 4 is 29.8 Å². The van der Waals surface area contributed by atoms with Crippen LogP contribution in [0.4, 0.5) is 4.79 Å². The number of alkyl carbamates (subject to hydrolysis) is 1. The second kappa shape index (κ2) is 14.7. The van der Waals surface area contributed by atoms with Crippen molar-refractivity contribution in [1.29, 1.82) is 0 Å². The summed E-state index contributed by atoms with van der Waals surface area (Å²) in [4.78, 5) is 65.5. The van der Waals surface area contributed by atoms with Gasteiger partial charge in [0.25, 0.3) is 0 Å². The number of primary amides is 1. The van der Waals surface area contributed by atoms with Crippen LogP contribution in [0, 0.1) is 13.8 Å². The lowest BCUT2D eigenvalue weighted by Crippen LogP contribution is -2.58.